The van der Waals surface area contributed by atoms with Crippen molar-refractivity contribution in [3.63, 3.8) is 0 Å². The lowest BCUT2D eigenvalue weighted by Gasteiger charge is -2.38. The normalized spacial score (nSPS) is 35.3. The van der Waals surface area contributed by atoms with Gasteiger partial charge in [0.15, 0.2) is 0 Å². The molecule has 1 aromatic rings. The van der Waals surface area contributed by atoms with Crippen molar-refractivity contribution in [3.05, 3.63) is 36.4 Å². The van der Waals surface area contributed by atoms with E-state index in [4.69, 9.17) is 14.2 Å². The van der Waals surface area contributed by atoms with Crippen LogP contribution in [-0.4, -0.2) is 73.8 Å². The zero-order valence-electron chi connectivity index (χ0n) is 22.6. The Labute approximate surface area is 224 Å². The number of ether oxygens (including phenoxy) is 3. The molecule has 0 radical (unpaired) electrons. The predicted molar refractivity (Wildman–Crippen MR) is 141 cm³/mol. The number of hydrogen-bond donors (Lipinski definition) is 2. The molecule has 9 nitrogen and oxygen atoms in total. The van der Waals surface area contributed by atoms with E-state index in [2.05, 4.69) is 24.5 Å². The van der Waals surface area contributed by atoms with E-state index in [0.717, 1.165) is 19.3 Å². The summed E-state index contributed by atoms with van der Waals surface area (Å²) < 4.78 is 16.8. The first-order valence-corrected chi connectivity index (χ1v) is 13.7. The van der Waals surface area contributed by atoms with Gasteiger partial charge < -0.3 is 29.7 Å². The molecular formula is C29H39N3O6. The van der Waals surface area contributed by atoms with Crippen LogP contribution in [0.15, 0.2) is 36.4 Å². The van der Waals surface area contributed by atoms with Gasteiger partial charge in [0, 0.05) is 32.0 Å². The fourth-order valence-corrected chi connectivity index (χ4v) is 6.83. The quantitative estimate of drug-likeness (QED) is 0.379. The first kappa shape index (κ1) is 26.7. The van der Waals surface area contributed by atoms with E-state index in [1.807, 2.05) is 12.2 Å². The molecule has 3 amide bonds. The van der Waals surface area contributed by atoms with E-state index in [9.17, 15) is 14.4 Å². The van der Waals surface area contributed by atoms with Crippen molar-refractivity contribution in [2.75, 3.05) is 32.7 Å². The Morgan fingerprint density at radius 2 is 1.89 bits per heavy atom. The lowest BCUT2D eigenvalue weighted by atomic mass is 9.73. The van der Waals surface area contributed by atoms with Gasteiger partial charge in [0.1, 0.15) is 17.4 Å². The Balaban J connectivity index is 1.40. The van der Waals surface area contributed by atoms with Gasteiger partial charge >= 0.3 is 0 Å². The Hall–Kier alpha value is -2.91. The van der Waals surface area contributed by atoms with E-state index in [-0.39, 0.29) is 23.8 Å². The molecule has 3 fully saturated rings. The largest absolute Gasteiger partial charge is 0.497 e. The average molecular weight is 526 g/mol. The maximum atomic E-state index is 13.9. The number of anilines is 1. The number of fused-ring (bicyclic) bond motifs is 1. The number of methoxy groups -OCH3 is 2. The number of amides is 3. The third kappa shape index (κ3) is 4.49. The fraction of sp³-hybridized carbons (Fsp3) is 0.621. The molecule has 2 saturated heterocycles. The summed E-state index contributed by atoms with van der Waals surface area (Å²) in [4.78, 5) is 43.0. The van der Waals surface area contributed by atoms with E-state index in [1.165, 1.54) is 0 Å². The summed E-state index contributed by atoms with van der Waals surface area (Å²) in [5.41, 5.74) is -0.557. The van der Waals surface area contributed by atoms with Gasteiger partial charge in [-0.3, -0.25) is 14.4 Å². The monoisotopic (exact) mass is 525 g/mol. The summed E-state index contributed by atoms with van der Waals surface area (Å²) in [6.07, 6.45) is 6.86. The summed E-state index contributed by atoms with van der Waals surface area (Å²) in [6, 6.07) is 6.26. The molecule has 2 N–H and O–H groups in total. The second kappa shape index (κ2) is 10.7. The molecular weight excluding hydrogens is 486 g/mol. The van der Waals surface area contributed by atoms with Crippen LogP contribution in [0.1, 0.15) is 39.5 Å². The third-order valence-electron chi connectivity index (χ3n) is 9.06. The topological polar surface area (TPSA) is 106 Å². The molecule has 8 atom stereocenters. The van der Waals surface area contributed by atoms with E-state index >= 15 is 0 Å². The number of nitrogens with zero attached hydrogens (tertiary/aromatic N) is 1. The lowest BCUT2D eigenvalue weighted by Crippen LogP contribution is -2.58. The van der Waals surface area contributed by atoms with Crippen molar-refractivity contribution in [2.24, 2.45) is 23.7 Å². The summed E-state index contributed by atoms with van der Waals surface area (Å²) in [5, 5.41) is 6.21. The van der Waals surface area contributed by atoms with Crippen LogP contribution in [0.5, 0.6) is 5.75 Å². The Bertz CT molecular complexity index is 1090. The number of carbonyl (C=O) groups is 3. The summed E-state index contributed by atoms with van der Waals surface area (Å²) in [6.45, 7) is 5.23. The number of nitrogens with one attached hydrogen (secondary N) is 2. The standard InChI is InChI=1S/C29H39N3O6/c1-17-7-5-8-21(18(17)2)31-27(34)25-29-14-13-22(38-29)23(24(29)28(35)32(25)15-6-16-36-3)26(33)30-19-9-11-20(37-4)12-10-19/h9-14,17-18,21-25H,5-8,15-16H2,1-4H3,(H,30,33)(H,31,34)/t17-,18+,21+,22-,23+,24-,25-,29-/m0/s1. The minimum atomic E-state index is -1.16. The van der Waals surface area contributed by atoms with Crippen molar-refractivity contribution in [1.29, 1.82) is 0 Å². The molecule has 3 aliphatic heterocycles. The van der Waals surface area contributed by atoms with Crippen LogP contribution in [0.25, 0.3) is 0 Å². The van der Waals surface area contributed by atoms with E-state index in [1.54, 1.807) is 43.4 Å². The smallest absolute Gasteiger partial charge is 0.246 e. The van der Waals surface area contributed by atoms with Crippen LogP contribution in [0, 0.1) is 23.7 Å². The Morgan fingerprint density at radius 1 is 1.13 bits per heavy atom. The van der Waals surface area contributed by atoms with Crippen molar-refractivity contribution in [2.45, 2.75) is 63.3 Å². The van der Waals surface area contributed by atoms with Crippen LogP contribution in [-0.2, 0) is 23.9 Å². The lowest BCUT2D eigenvalue weighted by molar-refractivity contribution is -0.141. The summed E-state index contributed by atoms with van der Waals surface area (Å²) >= 11 is 0. The van der Waals surface area contributed by atoms with Crippen molar-refractivity contribution >= 4 is 23.4 Å². The second-order valence-electron chi connectivity index (χ2n) is 11.2. The molecule has 3 heterocycles. The van der Waals surface area contributed by atoms with Gasteiger partial charge in [0.05, 0.1) is 25.0 Å². The van der Waals surface area contributed by atoms with Crippen LogP contribution < -0.4 is 15.4 Å². The van der Waals surface area contributed by atoms with Crippen molar-refractivity contribution < 1.29 is 28.6 Å². The first-order chi connectivity index (χ1) is 18.3. The number of hydrogen-bond acceptors (Lipinski definition) is 6. The molecule has 2 bridgehead atoms. The van der Waals surface area contributed by atoms with Gasteiger partial charge in [-0.1, -0.05) is 38.8 Å². The van der Waals surface area contributed by atoms with Crippen LogP contribution in [0.2, 0.25) is 0 Å². The van der Waals surface area contributed by atoms with E-state index < -0.39 is 29.6 Å². The molecule has 1 aliphatic carbocycles. The van der Waals surface area contributed by atoms with Crippen molar-refractivity contribution in [1.82, 2.24) is 10.2 Å². The highest BCUT2D eigenvalue weighted by Gasteiger charge is 2.72. The highest BCUT2D eigenvalue weighted by molar-refractivity contribution is 6.02. The van der Waals surface area contributed by atoms with Crippen LogP contribution in [0.4, 0.5) is 5.69 Å². The van der Waals surface area contributed by atoms with Gasteiger partial charge in [-0.15, -0.1) is 0 Å². The number of benzene rings is 1. The molecule has 1 aromatic carbocycles. The van der Waals surface area contributed by atoms with Gasteiger partial charge in [-0.05, 0) is 48.9 Å². The molecule has 206 valence electrons. The third-order valence-corrected chi connectivity index (χ3v) is 9.06. The molecule has 1 saturated carbocycles. The molecule has 0 aromatic heterocycles. The zero-order valence-corrected chi connectivity index (χ0v) is 22.6. The minimum Gasteiger partial charge on any atom is -0.497 e. The Morgan fingerprint density at radius 3 is 2.61 bits per heavy atom. The summed E-state index contributed by atoms with van der Waals surface area (Å²) in [5.74, 6) is -0.660. The van der Waals surface area contributed by atoms with Gasteiger partial charge in [0.25, 0.3) is 0 Å². The second-order valence-corrected chi connectivity index (χ2v) is 11.2. The predicted octanol–water partition coefficient (Wildman–Crippen LogP) is 2.76. The highest BCUT2D eigenvalue weighted by atomic mass is 16.5. The van der Waals surface area contributed by atoms with Crippen LogP contribution in [0.3, 0.4) is 0 Å². The average Bonchev–Trinajstić information content (AvgIpc) is 3.55. The molecule has 38 heavy (non-hydrogen) atoms. The van der Waals surface area contributed by atoms with E-state index in [0.29, 0.717) is 42.8 Å². The molecule has 5 rings (SSSR count). The summed E-state index contributed by atoms with van der Waals surface area (Å²) in [7, 11) is 3.19. The van der Waals surface area contributed by atoms with Gasteiger partial charge in [0.2, 0.25) is 17.7 Å². The zero-order chi connectivity index (χ0) is 27.0. The number of rotatable bonds is 9. The molecule has 1 spiro atoms. The maximum absolute atomic E-state index is 13.9. The fourth-order valence-electron chi connectivity index (χ4n) is 6.83. The first-order valence-electron chi connectivity index (χ1n) is 13.7. The molecule has 4 aliphatic rings. The maximum Gasteiger partial charge on any atom is 0.246 e. The minimum absolute atomic E-state index is 0.0503. The number of likely N-dealkylation sites (tertiary alicyclic amines) is 1. The van der Waals surface area contributed by atoms with Crippen LogP contribution >= 0.6 is 0 Å². The molecule has 9 heteroatoms. The SMILES string of the molecule is COCCCN1C(=O)[C@@H]2[C@H](C(=O)Nc3ccc(OC)cc3)[C@@H]3C=C[C@@]2(O3)[C@@H]1C(=O)N[C@@H]1CCC[C@H](C)[C@H]1C. The van der Waals surface area contributed by atoms with Gasteiger partial charge in [-0.25, -0.2) is 0 Å². The van der Waals surface area contributed by atoms with Crippen molar-refractivity contribution in [3.8, 4) is 5.75 Å². The van der Waals surface area contributed by atoms with Gasteiger partial charge in [-0.2, -0.15) is 0 Å². The number of carbonyl (C=O) groups excluding carboxylic acids is 3. The highest BCUT2D eigenvalue weighted by Crippen LogP contribution is 2.55. The Kier molecular flexibility index (Phi) is 7.51. The molecule has 0 unspecified atom stereocenters.